The van der Waals surface area contributed by atoms with Crippen LogP contribution in [0.4, 0.5) is 0 Å². The number of aldehydes is 1. The Morgan fingerprint density at radius 2 is 2.05 bits per heavy atom. The quantitative estimate of drug-likeness (QED) is 0.367. The van der Waals surface area contributed by atoms with Gasteiger partial charge in [-0.3, -0.25) is 4.79 Å². The highest BCUT2D eigenvalue weighted by Gasteiger charge is 2.15. The third-order valence-electron chi connectivity index (χ3n) is 2.70. The van der Waals surface area contributed by atoms with Crippen LogP contribution in [0, 0.1) is 0 Å². The van der Waals surface area contributed by atoms with E-state index in [9.17, 15) is 9.59 Å². The first kappa shape index (κ1) is 13.7. The number of rotatable bonds is 4. The number of carbonyl (C=O) groups is 2. The number of carbonyl (C=O) groups excluding carboxylic acids is 2. The van der Waals surface area contributed by atoms with Gasteiger partial charge in [0.15, 0.2) is 23.9 Å². The Morgan fingerprint density at radius 1 is 1.25 bits per heavy atom. The van der Waals surface area contributed by atoms with Crippen molar-refractivity contribution in [1.82, 2.24) is 0 Å². The first-order valence-corrected chi connectivity index (χ1v) is 5.94. The van der Waals surface area contributed by atoms with Gasteiger partial charge in [0.05, 0.1) is 7.11 Å². The molecule has 0 bridgehead atoms. The van der Waals surface area contributed by atoms with Crippen LogP contribution in [-0.4, -0.2) is 19.4 Å². The molecule has 2 rings (SSSR count). The van der Waals surface area contributed by atoms with Crippen molar-refractivity contribution >= 4 is 12.3 Å². The topological polar surface area (TPSA) is 56.5 Å². The molecule has 20 heavy (non-hydrogen) atoms. The van der Waals surface area contributed by atoms with E-state index in [1.807, 2.05) is 13.2 Å². The van der Waals surface area contributed by atoms with Crippen molar-refractivity contribution in [3.05, 3.63) is 53.9 Å². The minimum atomic E-state index is -0.488. The molecule has 5 nitrogen and oxygen atoms in total. The molecule has 0 radical (unpaired) electrons. The standard InChI is InChI=1S/C15H14NO4/c1-16-7-3-4-12(9-16)15(18)20-13-6-5-11(10-17)8-14(13)19-2/h3-10H,1-2H3/q+1. The van der Waals surface area contributed by atoms with E-state index in [4.69, 9.17) is 9.47 Å². The molecule has 2 aromatic rings. The summed E-state index contributed by atoms with van der Waals surface area (Å²) in [6.45, 7) is 0. The fourth-order valence-electron chi connectivity index (χ4n) is 1.71. The zero-order chi connectivity index (χ0) is 14.5. The number of benzene rings is 1. The maximum atomic E-state index is 12.0. The van der Waals surface area contributed by atoms with Gasteiger partial charge in [0.2, 0.25) is 0 Å². The smallest absolute Gasteiger partial charge is 0.349 e. The van der Waals surface area contributed by atoms with Gasteiger partial charge >= 0.3 is 5.97 Å². The summed E-state index contributed by atoms with van der Waals surface area (Å²) in [5.41, 5.74) is 0.879. The van der Waals surface area contributed by atoms with E-state index in [1.54, 1.807) is 29.0 Å². The largest absolute Gasteiger partial charge is 0.493 e. The van der Waals surface area contributed by atoms with Gasteiger partial charge in [-0.15, -0.1) is 0 Å². The van der Waals surface area contributed by atoms with Crippen molar-refractivity contribution < 1.29 is 23.6 Å². The van der Waals surface area contributed by atoms with Crippen LogP contribution in [-0.2, 0) is 7.05 Å². The highest BCUT2D eigenvalue weighted by Crippen LogP contribution is 2.28. The van der Waals surface area contributed by atoms with Crippen molar-refractivity contribution in [2.24, 2.45) is 7.05 Å². The van der Waals surface area contributed by atoms with Gasteiger partial charge in [-0.05, 0) is 24.3 Å². The highest BCUT2D eigenvalue weighted by atomic mass is 16.6. The van der Waals surface area contributed by atoms with E-state index < -0.39 is 5.97 Å². The first-order valence-electron chi connectivity index (χ1n) is 5.94. The molecule has 0 atom stereocenters. The molecule has 0 aliphatic heterocycles. The fraction of sp³-hybridized carbons (Fsp3) is 0.133. The lowest BCUT2D eigenvalue weighted by molar-refractivity contribution is -0.671. The third kappa shape index (κ3) is 3.00. The molecular formula is C15H14NO4+. The summed E-state index contributed by atoms with van der Waals surface area (Å²) in [5.74, 6) is 0.121. The van der Waals surface area contributed by atoms with Gasteiger partial charge in [0, 0.05) is 11.6 Å². The molecule has 1 aromatic heterocycles. The van der Waals surface area contributed by atoms with Crippen LogP contribution in [0.3, 0.4) is 0 Å². The molecule has 1 aromatic carbocycles. The lowest BCUT2D eigenvalue weighted by Gasteiger charge is -2.09. The number of methoxy groups -OCH3 is 1. The molecular weight excluding hydrogens is 258 g/mol. The minimum Gasteiger partial charge on any atom is -0.493 e. The van der Waals surface area contributed by atoms with Crippen LogP contribution >= 0.6 is 0 Å². The summed E-state index contributed by atoms with van der Waals surface area (Å²) in [7, 11) is 3.26. The molecule has 0 fully saturated rings. The Kier molecular flexibility index (Phi) is 4.10. The van der Waals surface area contributed by atoms with E-state index in [1.165, 1.54) is 19.2 Å². The summed E-state index contributed by atoms with van der Waals surface area (Å²) in [5, 5.41) is 0. The molecule has 0 aliphatic rings. The number of hydrogen-bond donors (Lipinski definition) is 0. The van der Waals surface area contributed by atoms with E-state index in [0.29, 0.717) is 23.2 Å². The van der Waals surface area contributed by atoms with Gasteiger partial charge in [0.1, 0.15) is 18.9 Å². The van der Waals surface area contributed by atoms with Gasteiger partial charge < -0.3 is 9.47 Å². The molecule has 0 saturated heterocycles. The second-order valence-corrected chi connectivity index (χ2v) is 4.18. The second kappa shape index (κ2) is 5.97. The molecule has 0 N–H and O–H groups in total. The summed E-state index contributed by atoms with van der Waals surface area (Å²) < 4.78 is 12.1. The molecule has 1 heterocycles. The second-order valence-electron chi connectivity index (χ2n) is 4.18. The Labute approximate surface area is 116 Å². The van der Waals surface area contributed by atoms with Crippen LogP contribution in [0.1, 0.15) is 20.7 Å². The van der Waals surface area contributed by atoms with E-state index in [2.05, 4.69) is 0 Å². The van der Waals surface area contributed by atoms with Crippen LogP contribution in [0.2, 0.25) is 0 Å². The lowest BCUT2D eigenvalue weighted by Crippen LogP contribution is -2.28. The Hall–Kier alpha value is -2.69. The Balaban J connectivity index is 2.25. The number of esters is 1. The van der Waals surface area contributed by atoms with Crippen LogP contribution in [0.25, 0.3) is 0 Å². The van der Waals surface area contributed by atoms with E-state index >= 15 is 0 Å². The van der Waals surface area contributed by atoms with Crippen molar-refractivity contribution in [3.8, 4) is 11.5 Å². The van der Waals surface area contributed by atoms with E-state index in [0.717, 1.165) is 0 Å². The summed E-state index contributed by atoms with van der Waals surface area (Å²) in [4.78, 5) is 22.7. The molecule has 0 aliphatic carbocycles. The third-order valence-corrected chi connectivity index (χ3v) is 2.70. The molecule has 0 amide bonds. The lowest BCUT2D eigenvalue weighted by atomic mass is 10.2. The number of ether oxygens (including phenoxy) is 2. The van der Waals surface area contributed by atoms with Crippen LogP contribution < -0.4 is 14.0 Å². The van der Waals surface area contributed by atoms with Gasteiger partial charge in [-0.1, -0.05) is 0 Å². The van der Waals surface area contributed by atoms with Gasteiger partial charge in [-0.25, -0.2) is 9.36 Å². The maximum absolute atomic E-state index is 12.0. The zero-order valence-corrected chi connectivity index (χ0v) is 11.2. The molecule has 0 spiro atoms. The molecule has 102 valence electrons. The Bertz CT molecular complexity index is 652. The summed E-state index contributed by atoms with van der Waals surface area (Å²) in [6.07, 6.45) is 4.18. The van der Waals surface area contributed by atoms with Gasteiger partial charge in [0.25, 0.3) is 0 Å². The number of aromatic nitrogens is 1. The average molecular weight is 272 g/mol. The molecule has 0 unspecified atom stereocenters. The predicted molar refractivity (Wildman–Crippen MR) is 71.0 cm³/mol. The average Bonchev–Trinajstić information content (AvgIpc) is 2.47. The fourth-order valence-corrected chi connectivity index (χ4v) is 1.71. The predicted octanol–water partition coefficient (Wildman–Crippen LogP) is 1.55. The molecule has 0 saturated carbocycles. The Morgan fingerprint density at radius 3 is 2.70 bits per heavy atom. The number of pyridine rings is 1. The molecule has 5 heteroatoms. The highest BCUT2D eigenvalue weighted by molar-refractivity contribution is 5.91. The monoisotopic (exact) mass is 272 g/mol. The number of aryl methyl sites for hydroxylation is 1. The zero-order valence-electron chi connectivity index (χ0n) is 11.2. The van der Waals surface area contributed by atoms with E-state index in [-0.39, 0.29) is 5.75 Å². The number of hydrogen-bond acceptors (Lipinski definition) is 4. The summed E-state index contributed by atoms with van der Waals surface area (Å²) >= 11 is 0. The summed E-state index contributed by atoms with van der Waals surface area (Å²) in [6, 6.07) is 8.02. The first-order chi connectivity index (χ1) is 9.63. The van der Waals surface area contributed by atoms with Crippen molar-refractivity contribution in [2.45, 2.75) is 0 Å². The van der Waals surface area contributed by atoms with Crippen molar-refractivity contribution in [3.63, 3.8) is 0 Å². The van der Waals surface area contributed by atoms with Crippen molar-refractivity contribution in [2.75, 3.05) is 7.11 Å². The minimum absolute atomic E-state index is 0.273. The van der Waals surface area contributed by atoms with Crippen LogP contribution in [0.5, 0.6) is 11.5 Å². The van der Waals surface area contributed by atoms with Crippen molar-refractivity contribution in [1.29, 1.82) is 0 Å². The van der Waals surface area contributed by atoms with Crippen LogP contribution in [0.15, 0.2) is 42.7 Å². The number of nitrogens with zero attached hydrogens (tertiary/aromatic N) is 1. The maximum Gasteiger partial charge on any atom is 0.349 e. The van der Waals surface area contributed by atoms with Gasteiger partial charge in [-0.2, -0.15) is 0 Å². The normalized spacial score (nSPS) is 9.90. The SMILES string of the molecule is COc1cc(C=O)ccc1OC(=O)c1ccc[n+](C)c1.